The number of phenols is 1. The molecule has 5 aromatic carbocycles. The summed E-state index contributed by atoms with van der Waals surface area (Å²) in [6, 6.07) is 20.0. The minimum absolute atomic E-state index is 0.133. The van der Waals surface area contributed by atoms with E-state index in [9.17, 15) is 35.8 Å². The first kappa shape index (κ1) is 38.4. The fourth-order valence-corrected chi connectivity index (χ4v) is 6.40. The van der Waals surface area contributed by atoms with Gasteiger partial charge in [-0.15, -0.1) is 5.11 Å². The second kappa shape index (κ2) is 15.9. The molecule has 1 amide bonds. The van der Waals surface area contributed by atoms with E-state index in [0.29, 0.717) is 16.5 Å². The first-order chi connectivity index (χ1) is 26.2. The van der Waals surface area contributed by atoms with E-state index in [-0.39, 0.29) is 76.8 Å². The summed E-state index contributed by atoms with van der Waals surface area (Å²) < 4.78 is 67.1. The minimum atomic E-state index is -4.95. The summed E-state index contributed by atoms with van der Waals surface area (Å²) in [6.45, 7) is 0.0918. The highest BCUT2D eigenvalue weighted by molar-refractivity contribution is 7.86. The van der Waals surface area contributed by atoms with Crippen molar-refractivity contribution in [1.82, 2.24) is 15.0 Å². The van der Waals surface area contributed by atoms with E-state index in [4.69, 9.17) is 10.2 Å². The highest BCUT2D eigenvalue weighted by Crippen LogP contribution is 2.42. The third kappa shape index (κ3) is 9.24. The zero-order chi connectivity index (χ0) is 39.3. The first-order valence-corrected chi connectivity index (χ1v) is 18.9. The van der Waals surface area contributed by atoms with Crippen LogP contribution in [-0.4, -0.2) is 88.4 Å². The molecule has 284 valence electrons. The number of nitrogens with one attached hydrogen (secondary N) is 4. The summed E-state index contributed by atoms with van der Waals surface area (Å²) in [5.74, 6) is -0.625. The molecule has 0 unspecified atom stereocenters. The Labute approximate surface area is 312 Å². The van der Waals surface area contributed by atoms with E-state index in [1.54, 1.807) is 12.1 Å². The highest BCUT2D eigenvalue weighted by Gasteiger charge is 2.23. The van der Waals surface area contributed by atoms with Gasteiger partial charge in [0.05, 0.1) is 23.8 Å². The Kier molecular flexibility index (Phi) is 11.1. The number of aromatic nitrogens is 3. The third-order valence-corrected chi connectivity index (χ3v) is 9.49. The van der Waals surface area contributed by atoms with Gasteiger partial charge in [0.1, 0.15) is 10.6 Å². The van der Waals surface area contributed by atoms with E-state index in [1.807, 2.05) is 0 Å². The molecule has 0 saturated heterocycles. The molecule has 0 bridgehead atoms. The number of aromatic hydroxyl groups is 1. The Morgan fingerprint density at radius 2 is 1.27 bits per heavy atom. The quantitative estimate of drug-likeness (QED) is 0.0538. The van der Waals surface area contributed by atoms with Crippen molar-refractivity contribution >= 4 is 88.3 Å². The number of rotatable bonds is 14. The molecule has 0 aliphatic rings. The molecular weight excluding hydrogens is 759 g/mol. The van der Waals surface area contributed by atoms with Crippen LogP contribution in [0.4, 0.5) is 40.6 Å². The number of azo groups is 1. The second-order valence-electron chi connectivity index (χ2n) is 11.6. The summed E-state index contributed by atoms with van der Waals surface area (Å²) in [5, 5.41) is 49.9. The molecule has 0 atom stereocenters. The predicted octanol–water partition coefficient (Wildman–Crippen LogP) is 4.60. The molecule has 1 aromatic heterocycles. The number of carbonyl (C=O) groups excluding carboxylic acids is 1. The fraction of sp³-hybridized carbons (Fsp3) is 0.118. The van der Waals surface area contributed by atoms with Gasteiger partial charge in [-0.25, -0.2) is 0 Å². The number of anilines is 5. The van der Waals surface area contributed by atoms with Crippen LogP contribution < -0.4 is 21.3 Å². The van der Waals surface area contributed by atoms with Crippen LogP contribution in [0.2, 0.25) is 0 Å². The van der Waals surface area contributed by atoms with Crippen LogP contribution in [0.25, 0.3) is 21.5 Å². The molecule has 1 heterocycles. The summed E-state index contributed by atoms with van der Waals surface area (Å²) in [5.41, 5.74) is 0.656. The number of nitrogens with zero attached hydrogens (tertiary/aromatic N) is 5. The zero-order valence-electron chi connectivity index (χ0n) is 28.2. The number of benzene rings is 5. The molecule has 21 heteroatoms. The van der Waals surface area contributed by atoms with Crippen LogP contribution in [0.1, 0.15) is 10.4 Å². The smallest absolute Gasteiger partial charge is 0.296 e. The van der Waals surface area contributed by atoms with Crippen LogP contribution in [0.15, 0.2) is 105 Å². The SMILES string of the molecule is O=C(Nc1ccc2c(O)c(N=Nc3ccc4cc(S(=O)(=O)O)ccc4c3)c(S(=O)(=O)O)cc2c1)c1ccc(Nc2nc(NCCO)nc(NCCO)n2)cc1. The lowest BCUT2D eigenvalue weighted by atomic mass is 10.1. The van der Waals surface area contributed by atoms with Gasteiger partial charge >= 0.3 is 0 Å². The monoisotopic (exact) mass is 789 g/mol. The van der Waals surface area contributed by atoms with E-state index in [2.05, 4.69) is 46.4 Å². The van der Waals surface area contributed by atoms with Crippen LogP contribution in [0, 0.1) is 0 Å². The number of fused-ring (bicyclic) bond motifs is 2. The van der Waals surface area contributed by atoms with Gasteiger partial charge in [-0.1, -0.05) is 12.1 Å². The maximum Gasteiger partial charge on any atom is 0.296 e. The standard InChI is InChI=1S/C34H31N9O10S2/c44-13-11-35-32-39-33(36-12-14-45)41-34(40-32)38-23-5-1-19(2-6-23)31(47)37-24-8-10-27-22(16-24)18-28(55(51,52)53)29(30(27)46)43-42-25-7-3-21-17-26(54(48,49)50)9-4-20(21)15-25/h1-10,15-18,44-46H,11-14H2,(H,37,47)(H,48,49,50)(H,51,52,53)(H3,35,36,38,39,40,41). The molecule has 6 rings (SSSR count). The second-order valence-corrected chi connectivity index (χ2v) is 14.4. The Morgan fingerprint density at radius 1 is 0.655 bits per heavy atom. The molecule has 0 aliphatic heterocycles. The van der Waals surface area contributed by atoms with Gasteiger partial charge in [0.25, 0.3) is 26.1 Å². The van der Waals surface area contributed by atoms with Crippen LogP contribution in [-0.2, 0) is 20.2 Å². The minimum Gasteiger partial charge on any atom is -0.505 e. The maximum absolute atomic E-state index is 13.1. The van der Waals surface area contributed by atoms with Crippen molar-refractivity contribution in [3.63, 3.8) is 0 Å². The van der Waals surface area contributed by atoms with E-state index < -0.39 is 42.5 Å². The van der Waals surface area contributed by atoms with Crippen molar-refractivity contribution in [1.29, 1.82) is 0 Å². The number of hydrogen-bond acceptors (Lipinski definition) is 16. The van der Waals surface area contributed by atoms with E-state index in [0.717, 1.165) is 6.07 Å². The number of phenolic OH excluding ortho intramolecular Hbond substituents is 1. The normalized spacial score (nSPS) is 11.9. The van der Waals surface area contributed by atoms with Gasteiger partial charge in [0, 0.05) is 35.4 Å². The molecule has 55 heavy (non-hydrogen) atoms. The Hall–Kier alpha value is -6.36. The van der Waals surface area contributed by atoms with Gasteiger partial charge in [-0.2, -0.15) is 36.9 Å². The number of hydrogen-bond donors (Lipinski definition) is 9. The van der Waals surface area contributed by atoms with Crippen molar-refractivity contribution in [2.24, 2.45) is 10.2 Å². The number of amides is 1. The molecule has 19 nitrogen and oxygen atoms in total. The lowest BCUT2D eigenvalue weighted by Gasteiger charge is -2.12. The van der Waals surface area contributed by atoms with Crippen molar-refractivity contribution in [3.8, 4) is 5.75 Å². The van der Waals surface area contributed by atoms with Gasteiger partial charge < -0.3 is 36.6 Å². The summed E-state index contributed by atoms with van der Waals surface area (Å²) >= 11 is 0. The van der Waals surface area contributed by atoms with Crippen LogP contribution in [0.3, 0.4) is 0 Å². The molecule has 0 aliphatic carbocycles. The maximum atomic E-state index is 13.1. The molecular formula is C34H31N9O10S2. The van der Waals surface area contributed by atoms with Gasteiger partial charge in [0.15, 0.2) is 5.75 Å². The summed E-state index contributed by atoms with van der Waals surface area (Å²) in [7, 11) is -9.37. The lowest BCUT2D eigenvalue weighted by molar-refractivity contribution is 0.102. The molecule has 9 N–H and O–H groups in total. The largest absolute Gasteiger partial charge is 0.505 e. The zero-order valence-corrected chi connectivity index (χ0v) is 29.9. The Morgan fingerprint density at radius 3 is 1.91 bits per heavy atom. The predicted molar refractivity (Wildman–Crippen MR) is 202 cm³/mol. The van der Waals surface area contributed by atoms with E-state index in [1.165, 1.54) is 66.7 Å². The van der Waals surface area contributed by atoms with Crippen molar-refractivity contribution in [2.45, 2.75) is 9.79 Å². The average molecular weight is 790 g/mol. The summed E-state index contributed by atoms with van der Waals surface area (Å²) in [4.78, 5) is 24.7. The molecule has 0 spiro atoms. The first-order valence-electron chi connectivity index (χ1n) is 16.1. The molecule has 0 saturated carbocycles. The number of carbonyl (C=O) groups is 1. The number of aliphatic hydroxyl groups excluding tert-OH is 2. The van der Waals surface area contributed by atoms with E-state index >= 15 is 0 Å². The van der Waals surface area contributed by atoms with Crippen LogP contribution in [0.5, 0.6) is 5.75 Å². The fourth-order valence-electron chi connectivity index (χ4n) is 5.23. The molecule has 0 radical (unpaired) electrons. The van der Waals surface area contributed by atoms with Gasteiger partial charge in [-0.05, 0) is 89.0 Å². The van der Waals surface area contributed by atoms with Gasteiger partial charge in [-0.3, -0.25) is 13.9 Å². The summed E-state index contributed by atoms with van der Waals surface area (Å²) in [6.07, 6.45) is 0. The van der Waals surface area contributed by atoms with Crippen molar-refractivity contribution in [2.75, 3.05) is 47.6 Å². The Bertz CT molecular complexity index is 2650. The Balaban J connectivity index is 1.21. The topological polar surface area (TPSA) is 298 Å². The average Bonchev–Trinajstić information content (AvgIpc) is 3.15. The van der Waals surface area contributed by atoms with Crippen LogP contribution >= 0.6 is 0 Å². The molecule has 0 fully saturated rings. The highest BCUT2D eigenvalue weighted by atomic mass is 32.2. The van der Waals surface area contributed by atoms with Crippen molar-refractivity contribution < 1.29 is 46.1 Å². The third-order valence-electron chi connectivity index (χ3n) is 7.77. The number of aliphatic hydroxyl groups is 2. The van der Waals surface area contributed by atoms with Crippen molar-refractivity contribution in [3.05, 3.63) is 90.5 Å². The van der Waals surface area contributed by atoms with Gasteiger partial charge in [0.2, 0.25) is 17.8 Å². The molecule has 6 aromatic rings. The lowest BCUT2D eigenvalue weighted by Crippen LogP contribution is -2.15.